The van der Waals surface area contributed by atoms with E-state index in [1.54, 1.807) is 6.20 Å². The Labute approximate surface area is 134 Å². The topological polar surface area (TPSA) is 67.2 Å². The molecule has 1 aromatic heterocycles. The molecule has 0 saturated carbocycles. The second-order valence-electron chi connectivity index (χ2n) is 5.76. The van der Waals surface area contributed by atoms with Crippen molar-refractivity contribution in [2.75, 3.05) is 0 Å². The smallest absolute Gasteiger partial charge is 0.307 e. The minimum absolute atomic E-state index is 0. The molecule has 2 fully saturated rings. The van der Waals surface area contributed by atoms with Gasteiger partial charge in [0.15, 0.2) is 5.76 Å². The first kappa shape index (κ1) is 15.1. The fourth-order valence-electron chi connectivity index (χ4n) is 3.33. The summed E-state index contributed by atoms with van der Waals surface area (Å²) in [7, 11) is 0. The van der Waals surface area contributed by atoms with Gasteiger partial charge in [0.2, 0.25) is 0 Å². The normalized spacial score (nSPS) is 25.7. The van der Waals surface area contributed by atoms with Gasteiger partial charge in [-0.05, 0) is 19.3 Å². The minimum Gasteiger partial charge on any atom is -0.432 e. The predicted octanol–water partition coefficient (Wildman–Crippen LogP) is 2.39. The van der Waals surface area contributed by atoms with Crippen LogP contribution in [-0.2, 0) is 0 Å². The third-order valence-corrected chi connectivity index (χ3v) is 4.37. The van der Waals surface area contributed by atoms with Crippen LogP contribution in [0.25, 0.3) is 11.3 Å². The molecule has 0 aliphatic carbocycles. The summed E-state index contributed by atoms with van der Waals surface area (Å²) >= 11 is 0. The van der Waals surface area contributed by atoms with E-state index >= 15 is 0 Å². The second-order valence-corrected chi connectivity index (χ2v) is 5.76. The average molecular weight is 320 g/mol. The molecule has 2 aliphatic heterocycles. The van der Waals surface area contributed by atoms with Crippen LogP contribution < -0.4 is 10.6 Å². The predicted molar refractivity (Wildman–Crippen MR) is 85.0 cm³/mol. The number of carbonyl (C=O) groups is 1. The molecule has 0 radical (unpaired) electrons. The number of aromatic nitrogens is 1. The summed E-state index contributed by atoms with van der Waals surface area (Å²) in [5.41, 5.74) is 0.922. The molecule has 2 bridgehead atoms. The lowest BCUT2D eigenvalue weighted by atomic mass is 9.95. The lowest BCUT2D eigenvalue weighted by molar-refractivity contribution is 0.0896. The van der Waals surface area contributed by atoms with Crippen LogP contribution in [0.2, 0.25) is 0 Å². The Balaban J connectivity index is 0.00000144. The van der Waals surface area contributed by atoms with Crippen molar-refractivity contribution >= 4 is 18.3 Å². The van der Waals surface area contributed by atoms with Crippen LogP contribution in [0.5, 0.6) is 0 Å². The molecule has 2 aliphatic rings. The van der Waals surface area contributed by atoms with Crippen LogP contribution in [0, 0.1) is 0 Å². The van der Waals surface area contributed by atoms with Crippen LogP contribution >= 0.6 is 12.4 Å². The molecule has 2 N–H and O–H groups in total. The number of amides is 1. The Morgan fingerprint density at radius 3 is 2.77 bits per heavy atom. The summed E-state index contributed by atoms with van der Waals surface area (Å²) in [4.78, 5) is 16.3. The van der Waals surface area contributed by atoms with E-state index in [4.69, 9.17) is 4.42 Å². The van der Waals surface area contributed by atoms with Crippen LogP contribution in [-0.4, -0.2) is 29.0 Å². The standard InChI is InChI=1S/C16H17N3O2.ClH/c20-15(19-13-8-11-6-7-12(13)18-11)16-17-9-14(21-16)10-4-2-1-3-5-10;/h1-5,9,11-13,18H,6-8H2,(H,19,20);1H/t11-,12+,13-;/m1./s1. The Hall–Kier alpha value is -1.85. The van der Waals surface area contributed by atoms with Gasteiger partial charge in [-0.25, -0.2) is 4.98 Å². The lowest BCUT2D eigenvalue weighted by Crippen LogP contribution is -2.43. The van der Waals surface area contributed by atoms with Crippen molar-refractivity contribution in [2.45, 2.75) is 37.4 Å². The van der Waals surface area contributed by atoms with Crippen molar-refractivity contribution in [2.24, 2.45) is 0 Å². The van der Waals surface area contributed by atoms with Gasteiger partial charge in [-0.15, -0.1) is 12.4 Å². The van der Waals surface area contributed by atoms with Gasteiger partial charge in [0.25, 0.3) is 5.89 Å². The van der Waals surface area contributed by atoms with Crippen molar-refractivity contribution < 1.29 is 9.21 Å². The van der Waals surface area contributed by atoms with Crippen molar-refractivity contribution in [3.63, 3.8) is 0 Å². The quantitative estimate of drug-likeness (QED) is 0.911. The maximum atomic E-state index is 12.2. The highest BCUT2D eigenvalue weighted by molar-refractivity contribution is 5.90. The van der Waals surface area contributed by atoms with Crippen molar-refractivity contribution in [1.29, 1.82) is 0 Å². The van der Waals surface area contributed by atoms with E-state index < -0.39 is 0 Å². The van der Waals surface area contributed by atoms with Gasteiger partial charge in [0.05, 0.1) is 6.20 Å². The molecule has 5 nitrogen and oxygen atoms in total. The fraction of sp³-hybridized carbons (Fsp3) is 0.375. The molecule has 0 spiro atoms. The summed E-state index contributed by atoms with van der Waals surface area (Å²) in [6.45, 7) is 0. The first-order chi connectivity index (χ1) is 10.3. The van der Waals surface area contributed by atoms with Gasteiger partial charge in [0, 0.05) is 23.7 Å². The highest BCUT2D eigenvalue weighted by Gasteiger charge is 2.40. The number of nitrogens with zero attached hydrogens (tertiary/aromatic N) is 1. The number of nitrogens with one attached hydrogen (secondary N) is 2. The number of fused-ring (bicyclic) bond motifs is 2. The fourth-order valence-corrected chi connectivity index (χ4v) is 3.33. The van der Waals surface area contributed by atoms with Crippen molar-refractivity contribution in [1.82, 2.24) is 15.6 Å². The van der Waals surface area contributed by atoms with Gasteiger partial charge in [-0.2, -0.15) is 0 Å². The average Bonchev–Trinajstić information content (AvgIpc) is 3.24. The number of oxazole rings is 1. The SMILES string of the molecule is Cl.O=C(N[C@@H]1C[C@H]2CC[C@@H]1N2)c1ncc(-c2ccccc2)o1. The van der Waals surface area contributed by atoms with Crippen LogP contribution in [0.4, 0.5) is 0 Å². The Kier molecular flexibility index (Phi) is 4.18. The van der Waals surface area contributed by atoms with E-state index in [0.717, 1.165) is 18.4 Å². The summed E-state index contributed by atoms with van der Waals surface area (Å²) in [5, 5.41) is 6.53. The number of halogens is 1. The maximum absolute atomic E-state index is 12.2. The highest BCUT2D eigenvalue weighted by Crippen LogP contribution is 2.28. The lowest BCUT2D eigenvalue weighted by Gasteiger charge is -2.20. The molecule has 2 aromatic rings. The number of carbonyl (C=O) groups excluding carboxylic acids is 1. The van der Waals surface area contributed by atoms with Gasteiger partial charge in [0.1, 0.15) is 0 Å². The zero-order valence-electron chi connectivity index (χ0n) is 12.0. The van der Waals surface area contributed by atoms with Crippen LogP contribution in [0.1, 0.15) is 29.9 Å². The summed E-state index contributed by atoms with van der Waals surface area (Å²) < 4.78 is 5.58. The van der Waals surface area contributed by atoms with Gasteiger partial charge < -0.3 is 15.1 Å². The molecule has 22 heavy (non-hydrogen) atoms. The maximum Gasteiger partial charge on any atom is 0.307 e. The molecule has 116 valence electrons. The van der Waals surface area contributed by atoms with Crippen LogP contribution in [0.15, 0.2) is 40.9 Å². The second kappa shape index (κ2) is 6.10. The van der Waals surface area contributed by atoms with E-state index in [1.807, 2.05) is 30.3 Å². The molecule has 6 heteroatoms. The van der Waals surface area contributed by atoms with E-state index in [0.29, 0.717) is 17.8 Å². The van der Waals surface area contributed by atoms with E-state index in [9.17, 15) is 4.79 Å². The summed E-state index contributed by atoms with van der Waals surface area (Å²) in [6, 6.07) is 10.8. The molecular weight excluding hydrogens is 302 g/mol. The Bertz CT molecular complexity index is 658. The van der Waals surface area contributed by atoms with Gasteiger partial charge >= 0.3 is 5.91 Å². The molecular formula is C16H18ClN3O2. The summed E-state index contributed by atoms with van der Waals surface area (Å²) in [5.74, 6) is 0.528. The third-order valence-electron chi connectivity index (χ3n) is 4.37. The van der Waals surface area contributed by atoms with E-state index in [2.05, 4.69) is 15.6 Å². The van der Waals surface area contributed by atoms with Crippen molar-refractivity contribution in [3.8, 4) is 11.3 Å². The number of rotatable bonds is 3. The molecule has 1 aromatic carbocycles. The third kappa shape index (κ3) is 2.74. The molecule has 3 heterocycles. The molecule has 3 atom stereocenters. The molecule has 4 rings (SSSR count). The summed E-state index contributed by atoms with van der Waals surface area (Å²) in [6.07, 6.45) is 4.95. The Morgan fingerprint density at radius 2 is 2.09 bits per heavy atom. The highest BCUT2D eigenvalue weighted by atomic mass is 35.5. The number of hydrogen-bond donors (Lipinski definition) is 2. The molecule has 0 unspecified atom stereocenters. The first-order valence-electron chi connectivity index (χ1n) is 7.38. The van der Waals surface area contributed by atoms with E-state index in [-0.39, 0.29) is 30.2 Å². The largest absolute Gasteiger partial charge is 0.432 e. The van der Waals surface area contributed by atoms with Crippen LogP contribution in [0.3, 0.4) is 0 Å². The van der Waals surface area contributed by atoms with Gasteiger partial charge in [-0.1, -0.05) is 30.3 Å². The Morgan fingerprint density at radius 1 is 1.27 bits per heavy atom. The molecule has 1 amide bonds. The zero-order chi connectivity index (χ0) is 14.2. The zero-order valence-corrected chi connectivity index (χ0v) is 12.8. The molecule has 2 saturated heterocycles. The van der Waals surface area contributed by atoms with E-state index in [1.165, 1.54) is 6.42 Å². The van der Waals surface area contributed by atoms with Crippen molar-refractivity contribution in [3.05, 3.63) is 42.4 Å². The van der Waals surface area contributed by atoms with Gasteiger partial charge in [-0.3, -0.25) is 4.79 Å². The number of benzene rings is 1. The first-order valence-corrected chi connectivity index (χ1v) is 7.38. The minimum atomic E-state index is -0.225. The monoisotopic (exact) mass is 319 g/mol. The number of hydrogen-bond acceptors (Lipinski definition) is 4.